The molecular weight excluding hydrogens is 172 g/mol. The molecule has 2 heteroatoms. The molecule has 1 N–H and O–H groups in total. The molecule has 0 unspecified atom stereocenters. The Bertz CT molecular complexity index is 327. The second-order valence-electron chi connectivity index (χ2n) is 4.24. The van der Waals surface area contributed by atoms with Crippen LogP contribution in [0.2, 0.25) is 0 Å². The Balaban J connectivity index is 2.16. The zero-order chi connectivity index (χ0) is 10.1. The topological polar surface area (TPSA) is 15.3 Å². The number of nitrogens with one attached hydrogen (secondary N) is 1. The molecule has 0 atom stereocenters. The Morgan fingerprint density at radius 1 is 1.36 bits per heavy atom. The average molecular weight is 190 g/mol. The fourth-order valence-corrected chi connectivity index (χ4v) is 2.13. The summed E-state index contributed by atoms with van der Waals surface area (Å²) in [5, 5.41) is 3.20. The van der Waals surface area contributed by atoms with Crippen LogP contribution < -0.4 is 5.32 Å². The molecule has 1 saturated heterocycles. The van der Waals surface area contributed by atoms with Gasteiger partial charge in [0.05, 0.1) is 0 Å². The number of rotatable bonds is 2. The summed E-state index contributed by atoms with van der Waals surface area (Å²) in [4.78, 5) is 2.35. The van der Waals surface area contributed by atoms with Crippen molar-refractivity contribution in [2.24, 2.45) is 0 Å². The third kappa shape index (κ3) is 1.62. The molecule has 0 amide bonds. The average Bonchev–Trinajstić information content (AvgIpc) is 2.13. The second-order valence-corrected chi connectivity index (χ2v) is 4.24. The Morgan fingerprint density at radius 2 is 2.07 bits per heavy atom. The maximum absolute atomic E-state index is 3.20. The molecule has 2 rings (SSSR count). The Hall–Kier alpha value is -1.02. The molecule has 0 aliphatic carbocycles. The molecule has 0 aromatic heterocycles. The maximum atomic E-state index is 3.20. The minimum absolute atomic E-state index is 0.754. The van der Waals surface area contributed by atoms with Crippen LogP contribution in [0, 0.1) is 6.92 Å². The first-order valence-electron chi connectivity index (χ1n) is 5.17. The van der Waals surface area contributed by atoms with Gasteiger partial charge in [-0.2, -0.15) is 0 Å². The molecule has 1 aromatic carbocycles. The summed E-state index contributed by atoms with van der Waals surface area (Å²) in [6, 6.07) is 6.74. The monoisotopic (exact) mass is 190 g/mol. The van der Waals surface area contributed by atoms with Gasteiger partial charge in [0.2, 0.25) is 0 Å². The van der Waals surface area contributed by atoms with Crippen LogP contribution in [0.25, 0.3) is 0 Å². The molecule has 1 fully saturated rings. The van der Waals surface area contributed by atoms with Crippen LogP contribution in [-0.2, 0) is 0 Å². The molecule has 14 heavy (non-hydrogen) atoms. The zero-order valence-electron chi connectivity index (χ0n) is 9.17. The van der Waals surface area contributed by atoms with Crippen LogP contribution in [0.15, 0.2) is 18.2 Å². The van der Waals surface area contributed by atoms with E-state index in [1.807, 2.05) is 7.05 Å². The molecular formula is C12H18N2. The highest BCUT2D eigenvalue weighted by molar-refractivity contribution is 5.52. The number of aryl methyl sites for hydroxylation is 1. The molecule has 2 nitrogen and oxygen atoms in total. The van der Waals surface area contributed by atoms with Gasteiger partial charge in [0.15, 0.2) is 0 Å². The van der Waals surface area contributed by atoms with Gasteiger partial charge in [-0.15, -0.1) is 0 Å². The molecule has 0 bridgehead atoms. The minimum Gasteiger partial charge on any atom is -0.388 e. The number of likely N-dealkylation sites (N-methyl/N-ethyl adjacent to an activating group) is 1. The predicted octanol–water partition coefficient (Wildman–Crippen LogP) is 2.07. The van der Waals surface area contributed by atoms with Crippen molar-refractivity contribution in [2.75, 3.05) is 32.5 Å². The van der Waals surface area contributed by atoms with E-state index in [2.05, 4.69) is 42.4 Å². The van der Waals surface area contributed by atoms with Gasteiger partial charge in [-0.25, -0.2) is 0 Å². The van der Waals surface area contributed by atoms with Crippen molar-refractivity contribution >= 4 is 5.69 Å². The third-order valence-corrected chi connectivity index (χ3v) is 3.06. The van der Waals surface area contributed by atoms with E-state index in [0.29, 0.717) is 0 Å². The maximum Gasteiger partial charge on any atom is 0.0367 e. The minimum atomic E-state index is 0.754. The third-order valence-electron chi connectivity index (χ3n) is 3.06. The second kappa shape index (κ2) is 3.62. The van der Waals surface area contributed by atoms with Gasteiger partial charge in [-0.1, -0.05) is 12.1 Å². The van der Waals surface area contributed by atoms with Crippen molar-refractivity contribution in [3.63, 3.8) is 0 Å². The van der Waals surface area contributed by atoms with E-state index in [9.17, 15) is 0 Å². The number of hydrogen-bond donors (Lipinski definition) is 1. The number of benzene rings is 1. The number of likely N-dealkylation sites (tertiary alicyclic amines) is 1. The Kier molecular flexibility index (Phi) is 2.46. The molecule has 0 saturated carbocycles. The van der Waals surface area contributed by atoms with Gasteiger partial charge in [0.25, 0.3) is 0 Å². The van der Waals surface area contributed by atoms with Gasteiger partial charge in [-0.3, -0.25) is 0 Å². The van der Waals surface area contributed by atoms with Crippen LogP contribution in [0.1, 0.15) is 17.0 Å². The van der Waals surface area contributed by atoms with Crippen molar-refractivity contribution in [1.82, 2.24) is 4.90 Å². The van der Waals surface area contributed by atoms with Crippen LogP contribution >= 0.6 is 0 Å². The van der Waals surface area contributed by atoms with Crippen LogP contribution in [0.4, 0.5) is 5.69 Å². The van der Waals surface area contributed by atoms with Crippen molar-refractivity contribution in [3.8, 4) is 0 Å². The lowest BCUT2D eigenvalue weighted by Gasteiger charge is -2.36. The number of anilines is 1. The van der Waals surface area contributed by atoms with E-state index in [1.54, 1.807) is 0 Å². The van der Waals surface area contributed by atoms with Crippen molar-refractivity contribution in [1.29, 1.82) is 0 Å². The summed E-state index contributed by atoms with van der Waals surface area (Å²) in [5.41, 5.74) is 4.07. The lowest BCUT2D eigenvalue weighted by atomic mass is 9.91. The smallest absolute Gasteiger partial charge is 0.0367 e. The highest BCUT2D eigenvalue weighted by Crippen LogP contribution is 2.28. The summed E-state index contributed by atoms with van der Waals surface area (Å²) in [6.45, 7) is 4.58. The highest BCUT2D eigenvalue weighted by Gasteiger charge is 2.24. The Morgan fingerprint density at radius 3 is 2.57 bits per heavy atom. The predicted molar refractivity (Wildman–Crippen MR) is 61.0 cm³/mol. The summed E-state index contributed by atoms with van der Waals surface area (Å²) >= 11 is 0. The van der Waals surface area contributed by atoms with E-state index >= 15 is 0 Å². The van der Waals surface area contributed by atoms with Crippen molar-refractivity contribution in [3.05, 3.63) is 29.3 Å². The summed E-state index contributed by atoms with van der Waals surface area (Å²) < 4.78 is 0. The van der Waals surface area contributed by atoms with Crippen LogP contribution in [0.3, 0.4) is 0 Å². The molecule has 1 aliphatic rings. The van der Waals surface area contributed by atoms with E-state index < -0.39 is 0 Å². The summed E-state index contributed by atoms with van der Waals surface area (Å²) in [7, 11) is 4.14. The van der Waals surface area contributed by atoms with Gasteiger partial charge in [-0.05, 0) is 31.2 Å². The summed E-state index contributed by atoms with van der Waals surface area (Å²) in [6.07, 6.45) is 0. The van der Waals surface area contributed by atoms with Gasteiger partial charge >= 0.3 is 0 Å². The number of hydrogen-bond acceptors (Lipinski definition) is 2. The number of nitrogens with zero attached hydrogens (tertiary/aromatic N) is 1. The molecule has 76 valence electrons. The lowest BCUT2D eigenvalue weighted by molar-refractivity contribution is 0.190. The highest BCUT2D eigenvalue weighted by atomic mass is 15.2. The van der Waals surface area contributed by atoms with Gasteiger partial charge in [0, 0.05) is 31.7 Å². The SMILES string of the molecule is CNc1ccc(C2CN(C)C2)cc1C. The van der Waals surface area contributed by atoms with Crippen LogP contribution in [-0.4, -0.2) is 32.1 Å². The van der Waals surface area contributed by atoms with E-state index in [1.165, 1.54) is 29.9 Å². The first kappa shape index (κ1) is 9.53. The van der Waals surface area contributed by atoms with Crippen molar-refractivity contribution < 1.29 is 0 Å². The first-order chi connectivity index (χ1) is 6.70. The normalized spacial score (nSPS) is 17.9. The lowest BCUT2D eigenvalue weighted by Crippen LogP contribution is -2.41. The fourth-order valence-electron chi connectivity index (χ4n) is 2.13. The molecule has 0 radical (unpaired) electrons. The molecule has 0 spiro atoms. The summed E-state index contributed by atoms with van der Waals surface area (Å²) in [5.74, 6) is 0.754. The van der Waals surface area contributed by atoms with Crippen LogP contribution in [0.5, 0.6) is 0 Å². The van der Waals surface area contributed by atoms with Crippen molar-refractivity contribution in [2.45, 2.75) is 12.8 Å². The zero-order valence-corrected chi connectivity index (χ0v) is 9.17. The first-order valence-corrected chi connectivity index (χ1v) is 5.17. The van der Waals surface area contributed by atoms with E-state index in [-0.39, 0.29) is 0 Å². The quantitative estimate of drug-likeness (QED) is 0.768. The van der Waals surface area contributed by atoms with E-state index in [0.717, 1.165) is 5.92 Å². The molecule has 1 heterocycles. The van der Waals surface area contributed by atoms with Gasteiger partial charge in [0.1, 0.15) is 0 Å². The standard InChI is InChI=1S/C12H18N2/c1-9-6-10(4-5-12(9)13-2)11-7-14(3)8-11/h4-6,11,13H,7-8H2,1-3H3. The Labute approximate surface area is 85.9 Å². The fraction of sp³-hybridized carbons (Fsp3) is 0.500. The van der Waals surface area contributed by atoms with Gasteiger partial charge < -0.3 is 10.2 Å². The largest absolute Gasteiger partial charge is 0.388 e. The van der Waals surface area contributed by atoms with E-state index in [4.69, 9.17) is 0 Å². The molecule has 1 aliphatic heterocycles. The molecule has 1 aromatic rings.